The van der Waals surface area contributed by atoms with Gasteiger partial charge in [-0.25, -0.2) is 4.98 Å². The Hall–Kier alpha value is -1.02. The standard InChI is InChI=1S/C10H17N3O3S/c1-15-10(16-2)5-12-8(14)3-7-6-17-9(4-11)13-7/h6,10H,3-5,11H2,1-2H3,(H,12,14). The normalized spacial score (nSPS) is 10.8. The van der Waals surface area contributed by atoms with Crippen LogP contribution in [0.4, 0.5) is 0 Å². The molecule has 0 fully saturated rings. The lowest BCUT2D eigenvalue weighted by Crippen LogP contribution is -2.35. The smallest absolute Gasteiger partial charge is 0.226 e. The zero-order valence-corrected chi connectivity index (χ0v) is 10.8. The summed E-state index contributed by atoms with van der Waals surface area (Å²) in [4.78, 5) is 15.8. The summed E-state index contributed by atoms with van der Waals surface area (Å²) in [6, 6.07) is 0. The number of amides is 1. The molecule has 0 aliphatic heterocycles. The fourth-order valence-electron chi connectivity index (χ4n) is 1.21. The van der Waals surface area contributed by atoms with Gasteiger partial charge in [0.2, 0.25) is 5.91 Å². The molecule has 0 radical (unpaired) electrons. The van der Waals surface area contributed by atoms with E-state index in [1.165, 1.54) is 25.6 Å². The van der Waals surface area contributed by atoms with Crippen molar-refractivity contribution >= 4 is 17.2 Å². The number of nitrogens with one attached hydrogen (secondary N) is 1. The van der Waals surface area contributed by atoms with Crippen LogP contribution in [0, 0.1) is 0 Å². The predicted octanol–water partition coefficient (Wildman–Crippen LogP) is -0.121. The number of aromatic nitrogens is 1. The molecule has 1 heterocycles. The van der Waals surface area contributed by atoms with E-state index < -0.39 is 6.29 Å². The Morgan fingerprint density at radius 1 is 1.59 bits per heavy atom. The minimum Gasteiger partial charge on any atom is -0.354 e. The van der Waals surface area contributed by atoms with Crippen LogP contribution in [0.25, 0.3) is 0 Å². The molecule has 1 aromatic rings. The third-order valence-corrected chi connectivity index (χ3v) is 3.03. The second-order valence-corrected chi connectivity index (χ2v) is 4.26. The maximum atomic E-state index is 11.6. The van der Waals surface area contributed by atoms with Gasteiger partial charge < -0.3 is 20.5 Å². The second kappa shape index (κ2) is 7.33. The van der Waals surface area contributed by atoms with E-state index in [0.29, 0.717) is 13.1 Å². The third-order valence-electron chi connectivity index (χ3n) is 2.11. The molecule has 1 amide bonds. The van der Waals surface area contributed by atoms with Crippen molar-refractivity contribution in [3.05, 3.63) is 16.1 Å². The Morgan fingerprint density at radius 3 is 2.82 bits per heavy atom. The number of thiazole rings is 1. The van der Waals surface area contributed by atoms with Gasteiger partial charge in [0.05, 0.1) is 18.7 Å². The first kappa shape index (κ1) is 14.0. The van der Waals surface area contributed by atoms with Crippen LogP contribution in [0.2, 0.25) is 0 Å². The van der Waals surface area contributed by atoms with E-state index in [-0.39, 0.29) is 12.3 Å². The SMILES string of the molecule is COC(CNC(=O)Cc1csc(CN)n1)OC. The van der Waals surface area contributed by atoms with E-state index >= 15 is 0 Å². The van der Waals surface area contributed by atoms with Crippen molar-refractivity contribution in [2.24, 2.45) is 5.73 Å². The Balaban J connectivity index is 2.34. The molecule has 0 unspecified atom stereocenters. The van der Waals surface area contributed by atoms with Gasteiger partial charge in [-0.3, -0.25) is 4.79 Å². The zero-order valence-electron chi connectivity index (χ0n) is 9.93. The summed E-state index contributed by atoms with van der Waals surface area (Å²) in [5.41, 5.74) is 6.18. The summed E-state index contributed by atoms with van der Waals surface area (Å²) in [6.07, 6.45) is -0.176. The molecule has 96 valence electrons. The molecular weight excluding hydrogens is 242 g/mol. The number of carbonyl (C=O) groups is 1. The van der Waals surface area contributed by atoms with E-state index in [9.17, 15) is 4.79 Å². The maximum absolute atomic E-state index is 11.6. The van der Waals surface area contributed by atoms with Crippen molar-refractivity contribution in [1.29, 1.82) is 0 Å². The molecule has 0 aromatic carbocycles. The van der Waals surface area contributed by atoms with Crippen molar-refractivity contribution in [2.75, 3.05) is 20.8 Å². The van der Waals surface area contributed by atoms with Gasteiger partial charge in [0, 0.05) is 26.1 Å². The number of hydrogen-bond donors (Lipinski definition) is 2. The fraction of sp³-hybridized carbons (Fsp3) is 0.600. The molecule has 0 aliphatic carbocycles. The molecular formula is C10H17N3O3S. The average Bonchev–Trinajstić information content (AvgIpc) is 2.78. The molecule has 0 atom stereocenters. The van der Waals surface area contributed by atoms with Crippen LogP contribution >= 0.6 is 11.3 Å². The highest BCUT2D eigenvalue weighted by atomic mass is 32.1. The molecule has 7 heteroatoms. The summed E-state index contributed by atoms with van der Waals surface area (Å²) >= 11 is 1.46. The minimum atomic E-state index is -0.422. The molecule has 17 heavy (non-hydrogen) atoms. The van der Waals surface area contributed by atoms with Gasteiger partial charge in [-0.15, -0.1) is 11.3 Å². The monoisotopic (exact) mass is 259 g/mol. The van der Waals surface area contributed by atoms with Gasteiger partial charge in [-0.1, -0.05) is 0 Å². The van der Waals surface area contributed by atoms with Gasteiger partial charge >= 0.3 is 0 Å². The lowest BCUT2D eigenvalue weighted by Gasteiger charge is -2.13. The molecule has 0 bridgehead atoms. The Labute approximate surface area is 104 Å². The van der Waals surface area contributed by atoms with Crippen molar-refractivity contribution in [3.8, 4) is 0 Å². The molecule has 3 N–H and O–H groups in total. The van der Waals surface area contributed by atoms with Crippen molar-refractivity contribution < 1.29 is 14.3 Å². The summed E-state index contributed by atoms with van der Waals surface area (Å²) in [6.45, 7) is 0.724. The molecule has 0 spiro atoms. The highest BCUT2D eigenvalue weighted by molar-refractivity contribution is 7.09. The van der Waals surface area contributed by atoms with Crippen molar-refractivity contribution in [3.63, 3.8) is 0 Å². The third kappa shape index (κ3) is 4.78. The highest BCUT2D eigenvalue weighted by Crippen LogP contribution is 2.09. The molecule has 6 nitrogen and oxygen atoms in total. The Bertz CT molecular complexity index is 352. The number of methoxy groups -OCH3 is 2. The van der Waals surface area contributed by atoms with Gasteiger partial charge in [-0.2, -0.15) is 0 Å². The van der Waals surface area contributed by atoms with E-state index in [2.05, 4.69) is 10.3 Å². The lowest BCUT2D eigenvalue weighted by molar-refractivity contribution is -0.126. The van der Waals surface area contributed by atoms with Crippen LogP contribution in [0.15, 0.2) is 5.38 Å². The van der Waals surface area contributed by atoms with Gasteiger partial charge in [0.25, 0.3) is 0 Å². The van der Waals surface area contributed by atoms with E-state index in [1.807, 2.05) is 5.38 Å². The zero-order chi connectivity index (χ0) is 12.7. The van der Waals surface area contributed by atoms with Crippen LogP contribution in [-0.2, 0) is 27.2 Å². The predicted molar refractivity (Wildman–Crippen MR) is 64.5 cm³/mol. The molecule has 1 rings (SSSR count). The highest BCUT2D eigenvalue weighted by Gasteiger charge is 2.10. The number of nitrogens with two attached hydrogens (primary N) is 1. The largest absolute Gasteiger partial charge is 0.354 e. The van der Waals surface area contributed by atoms with Gasteiger partial charge in [-0.05, 0) is 0 Å². The van der Waals surface area contributed by atoms with Crippen molar-refractivity contribution in [1.82, 2.24) is 10.3 Å². The van der Waals surface area contributed by atoms with Crippen LogP contribution in [0.1, 0.15) is 10.7 Å². The summed E-state index contributed by atoms with van der Waals surface area (Å²) < 4.78 is 9.91. The van der Waals surface area contributed by atoms with Crippen LogP contribution in [0.3, 0.4) is 0 Å². The van der Waals surface area contributed by atoms with Crippen molar-refractivity contribution in [2.45, 2.75) is 19.3 Å². The summed E-state index contributed by atoms with van der Waals surface area (Å²) in [5.74, 6) is -0.113. The number of ether oxygens (including phenoxy) is 2. The number of carbonyl (C=O) groups excluding carboxylic acids is 1. The quantitative estimate of drug-likeness (QED) is 0.667. The molecule has 0 saturated heterocycles. The van der Waals surface area contributed by atoms with E-state index in [1.54, 1.807) is 0 Å². The fourth-order valence-corrected chi connectivity index (χ4v) is 1.89. The number of nitrogens with zero attached hydrogens (tertiary/aromatic N) is 1. The summed E-state index contributed by atoms with van der Waals surface area (Å²) in [7, 11) is 3.04. The van der Waals surface area contributed by atoms with Crippen LogP contribution < -0.4 is 11.1 Å². The first-order valence-corrected chi connectivity index (χ1v) is 6.03. The number of hydrogen-bond acceptors (Lipinski definition) is 6. The maximum Gasteiger partial charge on any atom is 0.226 e. The molecule has 1 aromatic heterocycles. The lowest BCUT2D eigenvalue weighted by atomic mass is 10.3. The van der Waals surface area contributed by atoms with Crippen LogP contribution in [-0.4, -0.2) is 37.9 Å². The Kier molecular flexibility index (Phi) is 6.06. The van der Waals surface area contributed by atoms with E-state index in [0.717, 1.165) is 10.7 Å². The average molecular weight is 259 g/mol. The Morgan fingerprint density at radius 2 is 2.29 bits per heavy atom. The first-order chi connectivity index (χ1) is 8.19. The van der Waals surface area contributed by atoms with Gasteiger partial charge in [0.1, 0.15) is 5.01 Å². The number of rotatable bonds is 7. The van der Waals surface area contributed by atoms with Crippen LogP contribution in [0.5, 0.6) is 0 Å². The van der Waals surface area contributed by atoms with Gasteiger partial charge in [0.15, 0.2) is 6.29 Å². The minimum absolute atomic E-state index is 0.113. The first-order valence-electron chi connectivity index (χ1n) is 5.15. The topological polar surface area (TPSA) is 86.5 Å². The molecule has 0 aliphatic rings. The van der Waals surface area contributed by atoms with E-state index in [4.69, 9.17) is 15.2 Å². The molecule has 0 saturated carbocycles. The second-order valence-electron chi connectivity index (χ2n) is 3.32. The summed E-state index contributed by atoms with van der Waals surface area (Å²) in [5, 5.41) is 5.38.